The lowest BCUT2D eigenvalue weighted by molar-refractivity contribution is 0.660. The van der Waals surface area contributed by atoms with Crippen LogP contribution in [-0.2, 0) is 16.2 Å². The third-order valence-corrected chi connectivity index (χ3v) is 14.5. The molecule has 0 saturated heterocycles. The zero-order chi connectivity index (χ0) is 39.3. The summed E-state index contributed by atoms with van der Waals surface area (Å²) in [4.78, 5) is 2.53. The highest BCUT2D eigenvalue weighted by molar-refractivity contribution is 6.31. The summed E-state index contributed by atoms with van der Waals surface area (Å²) in [6.45, 7) is 9.32. The van der Waals surface area contributed by atoms with E-state index < -0.39 is 5.41 Å². The van der Waals surface area contributed by atoms with Crippen LogP contribution in [0.3, 0.4) is 0 Å². The van der Waals surface area contributed by atoms with Crippen molar-refractivity contribution in [3.8, 4) is 44.5 Å². The fourth-order valence-electron chi connectivity index (χ4n) is 11.4. The van der Waals surface area contributed by atoms with Crippen molar-refractivity contribution in [1.82, 2.24) is 0 Å². The molecule has 3 heteroatoms. The zero-order valence-corrected chi connectivity index (χ0v) is 34.3. The predicted molar refractivity (Wildman–Crippen MR) is 243 cm³/mol. The summed E-state index contributed by atoms with van der Waals surface area (Å²) in [5.41, 5.74) is 23.2. The van der Waals surface area contributed by atoms with E-state index in [4.69, 9.17) is 23.2 Å². The number of benzene rings is 8. The van der Waals surface area contributed by atoms with Gasteiger partial charge in [0.15, 0.2) is 0 Å². The molecule has 0 aliphatic heterocycles. The van der Waals surface area contributed by atoms with E-state index >= 15 is 0 Å². The maximum atomic E-state index is 6.64. The third-order valence-electron chi connectivity index (χ3n) is 14.0. The first-order valence-corrected chi connectivity index (χ1v) is 21.0. The van der Waals surface area contributed by atoms with Crippen LogP contribution in [0.4, 0.5) is 17.1 Å². The van der Waals surface area contributed by atoms with Crippen LogP contribution in [0.1, 0.15) is 72.2 Å². The van der Waals surface area contributed by atoms with Gasteiger partial charge in [0, 0.05) is 37.8 Å². The molecule has 0 heterocycles. The van der Waals surface area contributed by atoms with Crippen LogP contribution < -0.4 is 4.90 Å². The van der Waals surface area contributed by atoms with Crippen LogP contribution in [0.2, 0.25) is 10.0 Å². The Hall–Kier alpha value is -5.86. The predicted octanol–water partition coefficient (Wildman–Crippen LogP) is 15.4. The average molecular weight is 785 g/mol. The Balaban J connectivity index is 1.15. The summed E-state index contributed by atoms with van der Waals surface area (Å²) in [6, 6.07) is 61.1. The smallest absolute Gasteiger partial charge is 0.0726 e. The quantitative estimate of drug-likeness (QED) is 0.172. The van der Waals surface area contributed by atoms with Gasteiger partial charge in [-0.2, -0.15) is 0 Å². The van der Waals surface area contributed by atoms with E-state index in [0.717, 1.165) is 27.1 Å². The molecular formula is C55H39Cl2N. The standard InChI is InChI=1S/C55H39Cl2N/c1-53(2)47-28-32(56)20-24-38(47)40-26-22-34(30-49(40)53)58(35-23-27-41-39-25-21-33(57)29-48(39)54(3,4)50(41)31-35)51-19-11-18-46-52(51)42-14-7-10-17-45(42)55(46)43-15-8-5-12-36(43)37-13-6-9-16-44(37)55/h5-31H,1-4H3. The first-order chi connectivity index (χ1) is 28.1. The number of fused-ring (bicyclic) bond motifs is 16. The van der Waals surface area contributed by atoms with E-state index in [0.29, 0.717) is 0 Å². The van der Waals surface area contributed by atoms with Crippen molar-refractivity contribution >= 4 is 40.3 Å². The molecule has 278 valence electrons. The minimum Gasteiger partial charge on any atom is -0.310 e. The molecule has 1 spiro atoms. The summed E-state index contributed by atoms with van der Waals surface area (Å²) < 4.78 is 0. The molecule has 0 fully saturated rings. The van der Waals surface area contributed by atoms with E-state index in [9.17, 15) is 0 Å². The molecule has 4 aliphatic carbocycles. The molecule has 0 saturated carbocycles. The summed E-state index contributed by atoms with van der Waals surface area (Å²) in [6.07, 6.45) is 0. The zero-order valence-electron chi connectivity index (χ0n) is 32.8. The number of anilines is 3. The summed E-state index contributed by atoms with van der Waals surface area (Å²) >= 11 is 13.3. The number of halogens is 2. The highest BCUT2D eigenvalue weighted by atomic mass is 35.5. The number of rotatable bonds is 3. The van der Waals surface area contributed by atoms with Gasteiger partial charge in [-0.1, -0.05) is 160 Å². The lowest BCUT2D eigenvalue weighted by Gasteiger charge is -2.33. The van der Waals surface area contributed by atoms with E-state index in [1.807, 2.05) is 12.1 Å². The van der Waals surface area contributed by atoms with E-state index in [2.05, 4.69) is 184 Å². The van der Waals surface area contributed by atoms with E-state index in [1.165, 1.54) is 89.0 Å². The van der Waals surface area contributed by atoms with Gasteiger partial charge in [-0.25, -0.2) is 0 Å². The molecule has 1 nitrogen and oxygen atoms in total. The Morgan fingerprint density at radius 3 is 1.22 bits per heavy atom. The highest BCUT2D eigenvalue weighted by Gasteiger charge is 2.52. The largest absolute Gasteiger partial charge is 0.310 e. The van der Waals surface area contributed by atoms with Crippen LogP contribution in [0.15, 0.2) is 164 Å². The van der Waals surface area contributed by atoms with Crippen LogP contribution in [0.25, 0.3) is 44.5 Å². The van der Waals surface area contributed by atoms with Crippen molar-refractivity contribution in [3.63, 3.8) is 0 Å². The summed E-state index contributed by atoms with van der Waals surface area (Å²) in [5, 5.41) is 1.54. The van der Waals surface area contributed by atoms with Crippen LogP contribution in [0, 0.1) is 0 Å². The molecule has 0 unspecified atom stereocenters. The SMILES string of the molecule is CC1(C)c2cc(Cl)ccc2-c2ccc(N(c3ccc4c(c3)C(C)(C)c3cc(Cl)ccc3-4)c3cccc4c3-c3ccccc3C43c4ccccc4-c4ccccc43)cc21. The second kappa shape index (κ2) is 11.6. The van der Waals surface area contributed by atoms with Gasteiger partial charge in [-0.05, 0) is 138 Å². The molecule has 0 atom stereocenters. The second-order valence-electron chi connectivity index (χ2n) is 17.5. The molecular weight excluding hydrogens is 746 g/mol. The monoisotopic (exact) mass is 783 g/mol. The molecule has 8 aromatic rings. The Labute approximate surface area is 350 Å². The molecule has 0 N–H and O–H groups in total. The summed E-state index contributed by atoms with van der Waals surface area (Å²) in [5.74, 6) is 0. The number of hydrogen-bond acceptors (Lipinski definition) is 1. The van der Waals surface area contributed by atoms with Gasteiger partial charge in [0.25, 0.3) is 0 Å². The highest BCUT2D eigenvalue weighted by Crippen LogP contribution is 2.65. The average Bonchev–Trinajstić information content (AvgIpc) is 3.86. The minimum absolute atomic E-state index is 0.232. The van der Waals surface area contributed by atoms with Gasteiger partial charge in [0.2, 0.25) is 0 Å². The first-order valence-electron chi connectivity index (χ1n) is 20.2. The van der Waals surface area contributed by atoms with Crippen molar-refractivity contribution in [2.24, 2.45) is 0 Å². The lowest BCUT2D eigenvalue weighted by Crippen LogP contribution is -2.26. The van der Waals surface area contributed by atoms with Gasteiger partial charge in [-0.3, -0.25) is 0 Å². The van der Waals surface area contributed by atoms with Crippen molar-refractivity contribution < 1.29 is 0 Å². The van der Waals surface area contributed by atoms with Crippen LogP contribution in [-0.4, -0.2) is 0 Å². The fourth-order valence-corrected chi connectivity index (χ4v) is 11.8. The van der Waals surface area contributed by atoms with Gasteiger partial charge in [0.1, 0.15) is 0 Å². The maximum Gasteiger partial charge on any atom is 0.0726 e. The fraction of sp³-hybridized carbons (Fsp3) is 0.127. The minimum atomic E-state index is -0.442. The molecule has 12 rings (SSSR count). The van der Waals surface area contributed by atoms with Gasteiger partial charge >= 0.3 is 0 Å². The molecule has 58 heavy (non-hydrogen) atoms. The first kappa shape index (κ1) is 34.2. The van der Waals surface area contributed by atoms with Crippen molar-refractivity contribution in [2.75, 3.05) is 4.90 Å². The number of hydrogen-bond donors (Lipinski definition) is 0. The number of nitrogens with zero attached hydrogens (tertiary/aromatic N) is 1. The molecule has 4 aliphatic rings. The maximum absolute atomic E-state index is 6.64. The van der Waals surface area contributed by atoms with Gasteiger partial charge < -0.3 is 4.90 Å². The van der Waals surface area contributed by atoms with Gasteiger partial charge in [-0.15, -0.1) is 0 Å². The van der Waals surface area contributed by atoms with Crippen molar-refractivity contribution in [1.29, 1.82) is 0 Å². The van der Waals surface area contributed by atoms with Gasteiger partial charge in [0.05, 0.1) is 11.1 Å². The molecule has 8 aromatic carbocycles. The normalized spacial score (nSPS) is 15.8. The second-order valence-corrected chi connectivity index (χ2v) is 18.4. The molecule has 0 amide bonds. The van der Waals surface area contributed by atoms with Crippen LogP contribution >= 0.6 is 23.2 Å². The lowest BCUT2D eigenvalue weighted by atomic mass is 9.70. The van der Waals surface area contributed by atoms with E-state index in [1.54, 1.807) is 0 Å². The molecule has 0 radical (unpaired) electrons. The Morgan fingerprint density at radius 1 is 0.345 bits per heavy atom. The summed E-state index contributed by atoms with van der Waals surface area (Å²) in [7, 11) is 0. The Bertz CT molecular complexity index is 2950. The van der Waals surface area contributed by atoms with Crippen LogP contribution in [0.5, 0.6) is 0 Å². The topological polar surface area (TPSA) is 3.24 Å². The molecule has 0 aromatic heterocycles. The van der Waals surface area contributed by atoms with E-state index in [-0.39, 0.29) is 10.8 Å². The Morgan fingerprint density at radius 2 is 0.724 bits per heavy atom. The Kier molecular flexibility index (Phi) is 6.86. The molecule has 0 bridgehead atoms. The van der Waals surface area contributed by atoms with Crippen molar-refractivity contribution in [3.05, 3.63) is 218 Å². The third kappa shape index (κ3) is 4.23. The van der Waals surface area contributed by atoms with Crippen molar-refractivity contribution in [2.45, 2.75) is 43.9 Å².